The van der Waals surface area contributed by atoms with Gasteiger partial charge < -0.3 is 20.4 Å². The van der Waals surface area contributed by atoms with E-state index in [4.69, 9.17) is 10.5 Å². The third kappa shape index (κ3) is 4.86. The molecule has 0 spiro atoms. The van der Waals surface area contributed by atoms with Gasteiger partial charge in [0, 0.05) is 19.3 Å². The summed E-state index contributed by atoms with van der Waals surface area (Å²) >= 11 is 0. The van der Waals surface area contributed by atoms with E-state index in [2.05, 4.69) is 5.32 Å². The van der Waals surface area contributed by atoms with E-state index in [1.54, 1.807) is 10.6 Å². The fraction of sp³-hybridized carbons (Fsp3) is 0.368. The summed E-state index contributed by atoms with van der Waals surface area (Å²) in [6, 6.07) is 11.2. The number of rotatable bonds is 8. The second kappa shape index (κ2) is 8.37. The van der Waals surface area contributed by atoms with Gasteiger partial charge in [0.25, 0.3) is 5.91 Å². The minimum Gasteiger partial charge on any atom is -0.494 e. The molecule has 1 atom stereocenters. The van der Waals surface area contributed by atoms with Crippen LogP contribution in [0.1, 0.15) is 28.7 Å². The van der Waals surface area contributed by atoms with Gasteiger partial charge in [-0.05, 0) is 50.1 Å². The van der Waals surface area contributed by atoms with Gasteiger partial charge in [0.2, 0.25) is 5.91 Å². The summed E-state index contributed by atoms with van der Waals surface area (Å²) in [5.41, 5.74) is 8.02. The third-order valence-corrected chi connectivity index (χ3v) is 4.23. The van der Waals surface area contributed by atoms with E-state index in [1.165, 1.54) is 0 Å². The van der Waals surface area contributed by atoms with Crippen LogP contribution in [0.2, 0.25) is 0 Å². The Labute approximate surface area is 148 Å². The average molecular weight is 343 g/mol. The van der Waals surface area contributed by atoms with Crippen LogP contribution >= 0.6 is 0 Å². The quantitative estimate of drug-likeness (QED) is 0.766. The zero-order valence-corrected chi connectivity index (χ0v) is 14.9. The number of primary amides is 1. The van der Waals surface area contributed by atoms with Crippen molar-refractivity contribution >= 4 is 11.8 Å². The maximum absolute atomic E-state index is 12.3. The Bertz CT molecular complexity index is 735. The number of nitrogens with zero attached hydrogens (tertiary/aromatic N) is 1. The van der Waals surface area contributed by atoms with Gasteiger partial charge in [0.1, 0.15) is 11.4 Å². The van der Waals surface area contributed by atoms with Crippen LogP contribution in [0.15, 0.2) is 36.4 Å². The van der Waals surface area contributed by atoms with E-state index >= 15 is 0 Å². The number of ether oxygens (including phenoxy) is 1. The molecule has 1 heterocycles. The van der Waals surface area contributed by atoms with Crippen LogP contribution < -0.4 is 15.8 Å². The predicted octanol–water partition coefficient (Wildman–Crippen LogP) is 1.81. The number of benzene rings is 1. The highest BCUT2D eigenvalue weighted by molar-refractivity contribution is 5.93. The number of carbonyl (C=O) groups is 2. The van der Waals surface area contributed by atoms with Crippen molar-refractivity contribution in [1.29, 1.82) is 0 Å². The first kappa shape index (κ1) is 18.6. The van der Waals surface area contributed by atoms with E-state index in [1.807, 2.05) is 51.2 Å². The highest BCUT2D eigenvalue weighted by Gasteiger charge is 2.19. The molecule has 6 heteroatoms. The standard InChI is InChI=1S/C19H25N3O3/c1-4-25-16-8-6-14(7-9-16)11-15(18(20)23)12-21-19(24)17-10-5-13(2)22(17)3/h5-10,15H,4,11-12H2,1-3H3,(H2,20,23)(H,21,24)/t15-/m1/s1. The number of aromatic nitrogens is 1. The van der Waals surface area contributed by atoms with Crippen molar-refractivity contribution in [3.63, 3.8) is 0 Å². The monoisotopic (exact) mass is 343 g/mol. The molecule has 2 aromatic rings. The summed E-state index contributed by atoms with van der Waals surface area (Å²) in [6.07, 6.45) is 0.466. The maximum Gasteiger partial charge on any atom is 0.267 e. The molecule has 0 saturated carbocycles. The van der Waals surface area contributed by atoms with E-state index in [0.29, 0.717) is 18.7 Å². The molecule has 1 aromatic heterocycles. The fourth-order valence-electron chi connectivity index (χ4n) is 2.59. The molecule has 0 aliphatic carbocycles. The number of aryl methyl sites for hydroxylation is 1. The average Bonchev–Trinajstić information content (AvgIpc) is 2.92. The molecule has 0 saturated heterocycles. The molecule has 0 aliphatic rings. The van der Waals surface area contributed by atoms with Crippen molar-refractivity contribution in [2.45, 2.75) is 20.3 Å². The Hall–Kier alpha value is -2.76. The molecular weight excluding hydrogens is 318 g/mol. The number of carbonyl (C=O) groups excluding carboxylic acids is 2. The van der Waals surface area contributed by atoms with Crippen LogP contribution in [0, 0.1) is 12.8 Å². The third-order valence-electron chi connectivity index (χ3n) is 4.23. The molecule has 0 bridgehead atoms. The van der Waals surface area contributed by atoms with Gasteiger partial charge in [0.05, 0.1) is 12.5 Å². The van der Waals surface area contributed by atoms with Gasteiger partial charge in [-0.25, -0.2) is 0 Å². The van der Waals surface area contributed by atoms with Gasteiger partial charge in [-0.1, -0.05) is 12.1 Å². The van der Waals surface area contributed by atoms with Gasteiger partial charge in [-0.2, -0.15) is 0 Å². The zero-order chi connectivity index (χ0) is 18.4. The van der Waals surface area contributed by atoms with Crippen LogP contribution in [-0.4, -0.2) is 29.5 Å². The van der Waals surface area contributed by atoms with Gasteiger partial charge >= 0.3 is 0 Å². The molecule has 0 radical (unpaired) electrons. The minimum absolute atomic E-state index is 0.200. The number of hydrogen-bond donors (Lipinski definition) is 2. The summed E-state index contributed by atoms with van der Waals surface area (Å²) < 4.78 is 7.21. The van der Waals surface area contributed by atoms with Crippen LogP contribution in [-0.2, 0) is 18.3 Å². The van der Waals surface area contributed by atoms with Gasteiger partial charge in [-0.15, -0.1) is 0 Å². The van der Waals surface area contributed by atoms with E-state index in [-0.39, 0.29) is 12.5 Å². The largest absolute Gasteiger partial charge is 0.494 e. The van der Waals surface area contributed by atoms with Crippen molar-refractivity contribution in [3.8, 4) is 5.75 Å². The summed E-state index contributed by atoms with van der Waals surface area (Å²) in [5.74, 6) is -0.330. The number of hydrogen-bond acceptors (Lipinski definition) is 3. The Balaban J connectivity index is 1.97. The Morgan fingerprint density at radius 3 is 2.40 bits per heavy atom. The normalized spacial score (nSPS) is 11.8. The molecule has 0 fully saturated rings. The van der Waals surface area contributed by atoms with Crippen molar-refractivity contribution in [2.24, 2.45) is 18.7 Å². The molecule has 6 nitrogen and oxygen atoms in total. The lowest BCUT2D eigenvalue weighted by Gasteiger charge is -2.15. The Morgan fingerprint density at radius 1 is 1.20 bits per heavy atom. The van der Waals surface area contributed by atoms with Crippen LogP contribution in [0.25, 0.3) is 0 Å². The molecule has 2 amide bonds. The van der Waals surface area contributed by atoms with Crippen LogP contribution in [0.3, 0.4) is 0 Å². The number of amides is 2. The second-order valence-electron chi connectivity index (χ2n) is 6.01. The highest BCUT2D eigenvalue weighted by atomic mass is 16.5. The molecule has 0 unspecified atom stereocenters. The molecule has 0 aliphatic heterocycles. The summed E-state index contributed by atoms with van der Waals surface area (Å²) in [7, 11) is 1.83. The van der Waals surface area contributed by atoms with Crippen LogP contribution in [0.4, 0.5) is 0 Å². The summed E-state index contributed by atoms with van der Waals surface area (Å²) in [4.78, 5) is 24.0. The summed E-state index contributed by atoms with van der Waals surface area (Å²) in [6.45, 7) is 4.66. The molecule has 1 aromatic carbocycles. The van der Waals surface area contributed by atoms with Crippen molar-refractivity contribution in [3.05, 3.63) is 53.3 Å². The topological polar surface area (TPSA) is 86.3 Å². The zero-order valence-electron chi connectivity index (χ0n) is 14.9. The van der Waals surface area contributed by atoms with E-state index in [0.717, 1.165) is 17.0 Å². The lowest BCUT2D eigenvalue weighted by atomic mass is 9.98. The van der Waals surface area contributed by atoms with Crippen molar-refractivity contribution in [1.82, 2.24) is 9.88 Å². The summed E-state index contributed by atoms with van der Waals surface area (Å²) in [5, 5.41) is 2.80. The Morgan fingerprint density at radius 2 is 1.88 bits per heavy atom. The molecule has 3 N–H and O–H groups in total. The van der Waals surface area contributed by atoms with Gasteiger partial charge in [-0.3, -0.25) is 9.59 Å². The lowest BCUT2D eigenvalue weighted by Crippen LogP contribution is -2.37. The fourth-order valence-corrected chi connectivity index (χ4v) is 2.59. The van der Waals surface area contributed by atoms with Gasteiger partial charge in [0.15, 0.2) is 0 Å². The second-order valence-corrected chi connectivity index (χ2v) is 6.01. The van der Waals surface area contributed by atoms with Crippen molar-refractivity contribution < 1.29 is 14.3 Å². The predicted molar refractivity (Wildman–Crippen MR) is 96.5 cm³/mol. The van der Waals surface area contributed by atoms with E-state index in [9.17, 15) is 9.59 Å². The molecule has 25 heavy (non-hydrogen) atoms. The minimum atomic E-state index is -0.469. The molecule has 2 rings (SSSR count). The van der Waals surface area contributed by atoms with E-state index < -0.39 is 11.8 Å². The molecular formula is C19H25N3O3. The van der Waals surface area contributed by atoms with Crippen molar-refractivity contribution in [2.75, 3.05) is 13.2 Å². The SMILES string of the molecule is CCOc1ccc(C[C@H](CNC(=O)c2ccc(C)n2C)C(N)=O)cc1. The number of nitrogens with two attached hydrogens (primary N) is 1. The highest BCUT2D eigenvalue weighted by Crippen LogP contribution is 2.15. The first-order valence-corrected chi connectivity index (χ1v) is 8.34. The Kier molecular flexibility index (Phi) is 6.22. The first-order valence-electron chi connectivity index (χ1n) is 8.34. The maximum atomic E-state index is 12.3. The van der Waals surface area contributed by atoms with Crippen LogP contribution in [0.5, 0.6) is 5.75 Å². The lowest BCUT2D eigenvalue weighted by molar-refractivity contribution is -0.121. The number of nitrogens with one attached hydrogen (secondary N) is 1. The molecule has 134 valence electrons. The first-order chi connectivity index (χ1) is 11.9. The smallest absolute Gasteiger partial charge is 0.267 e.